The average molecular weight is 235 g/mol. The number of imidazole rings is 1. The second kappa shape index (κ2) is 4.04. The fraction of sp³-hybridized carbons (Fsp3) is 0.364. The van der Waals surface area contributed by atoms with Crippen molar-refractivity contribution in [3.8, 4) is 11.6 Å². The van der Waals surface area contributed by atoms with Crippen LogP contribution in [0.1, 0.15) is 36.0 Å². The van der Waals surface area contributed by atoms with Crippen molar-refractivity contribution in [1.29, 1.82) is 0 Å². The Morgan fingerprint density at radius 2 is 2.24 bits per heavy atom. The van der Waals surface area contributed by atoms with Gasteiger partial charge in [0.15, 0.2) is 0 Å². The number of aromatic nitrogens is 3. The Morgan fingerprint density at radius 1 is 1.53 bits per heavy atom. The number of aryl methyl sites for hydroxylation is 1. The number of carbonyl (C=O) groups is 1. The highest BCUT2D eigenvalue weighted by molar-refractivity contribution is 5.86. The van der Waals surface area contributed by atoms with E-state index < -0.39 is 5.97 Å². The lowest BCUT2D eigenvalue weighted by Crippen LogP contribution is -2.01. The standard InChI is InChI=1S/C11H13N3O3/c1-6(2)8-9(11(15)16)17-10(13-8)7-4-14(3)5-12-7/h4-6H,1-3H3,(H,15,16). The maximum absolute atomic E-state index is 11.0. The summed E-state index contributed by atoms with van der Waals surface area (Å²) in [6.45, 7) is 3.74. The molecule has 2 aromatic heterocycles. The molecule has 0 radical (unpaired) electrons. The molecule has 0 fully saturated rings. The second-order valence-corrected chi connectivity index (χ2v) is 4.12. The van der Waals surface area contributed by atoms with Crippen molar-refractivity contribution >= 4 is 5.97 Å². The fourth-order valence-electron chi connectivity index (χ4n) is 1.51. The first-order valence-corrected chi connectivity index (χ1v) is 5.21. The number of oxazole rings is 1. The third kappa shape index (κ3) is 2.06. The summed E-state index contributed by atoms with van der Waals surface area (Å²) in [6.07, 6.45) is 3.33. The molecule has 0 aliphatic carbocycles. The highest BCUT2D eigenvalue weighted by atomic mass is 16.4. The molecule has 0 aliphatic rings. The minimum Gasteiger partial charge on any atom is -0.475 e. The Kier molecular flexibility index (Phi) is 2.71. The number of carboxylic acid groups (broad SMARTS) is 1. The first-order valence-electron chi connectivity index (χ1n) is 5.21. The summed E-state index contributed by atoms with van der Waals surface area (Å²) in [7, 11) is 1.82. The van der Waals surface area contributed by atoms with Gasteiger partial charge in [0, 0.05) is 13.2 Å². The van der Waals surface area contributed by atoms with Crippen LogP contribution in [-0.4, -0.2) is 25.6 Å². The number of carboxylic acids is 1. The Bertz CT molecular complexity index is 554. The van der Waals surface area contributed by atoms with E-state index in [0.29, 0.717) is 11.4 Å². The zero-order chi connectivity index (χ0) is 12.6. The molecule has 0 atom stereocenters. The number of hydrogen-bond donors (Lipinski definition) is 1. The fourth-order valence-corrected chi connectivity index (χ4v) is 1.51. The minimum absolute atomic E-state index is 0.0117. The SMILES string of the molecule is CC(C)c1nc(-c2cn(C)cn2)oc1C(=O)O. The van der Waals surface area contributed by atoms with Crippen LogP contribution >= 0.6 is 0 Å². The van der Waals surface area contributed by atoms with Crippen molar-refractivity contribution in [2.24, 2.45) is 7.05 Å². The molecule has 0 unspecified atom stereocenters. The van der Waals surface area contributed by atoms with E-state index in [0.717, 1.165) is 0 Å². The molecular weight excluding hydrogens is 222 g/mol. The first-order chi connectivity index (χ1) is 7.99. The molecule has 2 rings (SSSR count). The third-order valence-corrected chi connectivity index (χ3v) is 2.32. The van der Waals surface area contributed by atoms with Gasteiger partial charge < -0.3 is 14.1 Å². The monoisotopic (exact) mass is 235 g/mol. The van der Waals surface area contributed by atoms with Crippen molar-refractivity contribution in [2.75, 3.05) is 0 Å². The average Bonchev–Trinajstić information content (AvgIpc) is 2.82. The van der Waals surface area contributed by atoms with E-state index in [1.165, 1.54) is 0 Å². The topological polar surface area (TPSA) is 81.2 Å². The van der Waals surface area contributed by atoms with Gasteiger partial charge in [0.1, 0.15) is 5.69 Å². The minimum atomic E-state index is -1.11. The highest BCUT2D eigenvalue weighted by Crippen LogP contribution is 2.25. The third-order valence-electron chi connectivity index (χ3n) is 2.32. The van der Waals surface area contributed by atoms with Crippen molar-refractivity contribution in [3.63, 3.8) is 0 Å². The molecular formula is C11H13N3O3. The summed E-state index contributed by atoms with van der Waals surface area (Å²) in [4.78, 5) is 19.3. The van der Waals surface area contributed by atoms with Crippen LogP contribution in [-0.2, 0) is 7.05 Å². The van der Waals surface area contributed by atoms with Gasteiger partial charge in [0.25, 0.3) is 0 Å². The van der Waals surface area contributed by atoms with Crippen molar-refractivity contribution in [3.05, 3.63) is 24.0 Å². The van der Waals surface area contributed by atoms with Crippen LogP contribution in [0.2, 0.25) is 0 Å². The van der Waals surface area contributed by atoms with Gasteiger partial charge in [-0.2, -0.15) is 0 Å². The quantitative estimate of drug-likeness (QED) is 0.878. The highest BCUT2D eigenvalue weighted by Gasteiger charge is 2.23. The summed E-state index contributed by atoms with van der Waals surface area (Å²) in [5.74, 6) is -0.988. The van der Waals surface area contributed by atoms with Gasteiger partial charge in [-0.1, -0.05) is 13.8 Å². The van der Waals surface area contributed by atoms with Crippen LogP contribution < -0.4 is 0 Å². The summed E-state index contributed by atoms with van der Waals surface area (Å²) >= 11 is 0. The molecule has 0 bridgehead atoms. The zero-order valence-electron chi connectivity index (χ0n) is 9.84. The van der Waals surface area contributed by atoms with Crippen LogP contribution in [0.25, 0.3) is 11.6 Å². The van der Waals surface area contributed by atoms with E-state index >= 15 is 0 Å². The molecule has 2 heterocycles. The van der Waals surface area contributed by atoms with E-state index in [4.69, 9.17) is 9.52 Å². The molecule has 0 saturated heterocycles. The molecule has 0 aliphatic heterocycles. The molecule has 0 aromatic carbocycles. The van der Waals surface area contributed by atoms with Crippen LogP contribution in [0.5, 0.6) is 0 Å². The number of nitrogens with zero attached hydrogens (tertiary/aromatic N) is 3. The summed E-state index contributed by atoms with van der Waals surface area (Å²) in [6, 6.07) is 0. The summed E-state index contributed by atoms with van der Waals surface area (Å²) in [5.41, 5.74) is 0.972. The van der Waals surface area contributed by atoms with E-state index in [9.17, 15) is 4.79 Å². The lowest BCUT2D eigenvalue weighted by Gasteiger charge is -1.98. The van der Waals surface area contributed by atoms with Crippen LogP contribution in [0.15, 0.2) is 16.9 Å². The Labute approximate surface area is 97.9 Å². The van der Waals surface area contributed by atoms with Gasteiger partial charge in [-0.25, -0.2) is 14.8 Å². The lowest BCUT2D eigenvalue weighted by atomic mass is 10.1. The number of aromatic carboxylic acids is 1. The van der Waals surface area contributed by atoms with E-state index in [1.54, 1.807) is 17.1 Å². The molecule has 2 aromatic rings. The molecule has 0 amide bonds. The van der Waals surface area contributed by atoms with Gasteiger partial charge >= 0.3 is 5.97 Å². The molecule has 17 heavy (non-hydrogen) atoms. The van der Waals surface area contributed by atoms with Gasteiger partial charge in [0.2, 0.25) is 11.7 Å². The summed E-state index contributed by atoms with van der Waals surface area (Å²) < 4.78 is 7.00. The Hall–Kier alpha value is -2.11. The predicted molar refractivity (Wildman–Crippen MR) is 59.8 cm³/mol. The predicted octanol–water partition coefficient (Wildman–Crippen LogP) is 1.90. The van der Waals surface area contributed by atoms with E-state index in [1.807, 2.05) is 20.9 Å². The molecule has 6 nitrogen and oxygen atoms in total. The first kappa shape index (κ1) is 11.4. The largest absolute Gasteiger partial charge is 0.475 e. The molecule has 0 saturated carbocycles. The maximum Gasteiger partial charge on any atom is 0.373 e. The Morgan fingerprint density at radius 3 is 2.65 bits per heavy atom. The molecule has 6 heteroatoms. The molecule has 90 valence electrons. The van der Waals surface area contributed by atoms with Crippen LogP contribution in [0, 0.1) is 0 Å². The molecule has 0 spiro atoms. The zero-order valence-corrected chi connectivity index (χ0v) is 9.84. The second-order valence-electron chi connectivity index (χ2n) is 4.12. The van der Waals surface area contributed by atoms with Crippen LogP contribution in [0.4, 0.5) is 0 Å². The Balaban J connectivity index is 2.50. The maximum atomic E-state index is 11.0. The van der Waals surface area contributed by atoms with Crippen molar-refractivity contribution < 1.29 is 14.3 Å². The van der Waals surface area contributed by atoms with Gasteiger partial charge in [-0.05, 0) is 5.92 Å². The summed E-state index contributed by atoms with van der Waals surface area (Å²) in [5, 5.41) is 9.02. The van der Waals surface area contributed by atoms with Crippen molar-refractivity contribution in [1.82, 2.24) is 14.5 Å². The lowest BCUT2D eigenvalue weighted by molar-refractivity contribution is 0.0661. The van der Waals surface area contributed by atoms with E-state index in [-0.39, 0.29) is 17.6 Å². The van der Waals surface area contributed by atoms with Gasteiger partial charge in [-0.15, -0.1) is 0 Å². The van der Waals surface area contributed by atoms with Crippen LogP contribution in [0.3, 0.4) is 0 Å². The van der Waals surface area contributed by atoms with Gasteiger partial charge in [-0.3, -0.25) is 0 Å². The smallest absolute Gasteiger partial charge is 0.373 e. The number of hydrogen-bond acceptors (Lipinski definition) is 4. The van der Waals surface area contributed by atoms with E-state index in [2.05, 4.69) is 9.97 Å². The normalized spacial score (nSPS) is 11.1. The van der Waals surface area contributed by atoms with Gasteiger partial charge in [0.05, 0.1) is 12.0 Å². The molecule has 1 N–H and O–H groups in total. The van der Waals surface area contributed by atoms with Crippen molar-refractivity contribution in [2.45, 2.75) is 19.8 Å². The number of rotatable bonds is 3.